The van der Waals surface area contributed by atoms with Crippen LogP contribution in [0.25, 0.3) is 0 Å². The molecule has 0 aromatic heterocycles. The topological polar surface area (TPSA) is 203 Å². The first-order valence-corrected chi connectivity index (χ1v) is 11.8. The molecule has 15 heteroatoms. The largest absolute Gasteiger partial charge is 0.478 e. The van der Waals surface area contributed by atoms with E-state index < -0.39 is 54.3 Å². The average molecular weight is 496 g/mol. The van der Waals surface area contributed by atoms with Gasteiger partial charge in [0, 0.05) is 0 Å². The molecule has 2 aromatic rings. The van der Waals surface area contributed by atoms with Crippen LogP contribution in [0.3, 0.4) is 0 Å². The summed E-state index contributed by atoms with van der Waals surface area (Å²) in [6.45, 7) is 2.95. The molecule has 1 aliphatic heterocycles. The lowest BCUT2D eigenvalue weighted by atomic mass is 10.1. The lowest BCUT2D eigenvalue weighted by Crippen LogP contribution is -2.30. The van der Waals surface area contributed by atoms with Crippen molar-refractivity contribution in [2.24, 2.45) is 15.3 Å². The summed E-state index contributed by atoms with van der Waals surface area (Å²) in [5, 5.41) is 21.8. The highest BCUT2D eigenvalue weighted by atomic mass is 32.2. The second-order valence-electron chi connectivity index (χ2n) is 6.89. The van der Waals surface area contributed by atoms with Crippen LogP contribution in [-0.4, -0.2) is 54.7 Å². The van der Waals surface area contributed by atoms with Crippen LogP contribution in [0.2, 0.25) is 0 Å². The molecule has 0 saturated carbocycles. The molecule has 1 amide bonds. The average Bonchev–Trinajstić information content (AvgIpc) is 2.98. The molecule has 1 aliphatic rings. The van der Waals surface area contributed by atoms with Crippen molar-refractivity contribution in [1.29, 1.82) is 0 Å². The maximum atomic E-state index is 12.9. The number of carboxylic acid groups (broad SMARTS) is 1. The maximum Gasteiger partial charge on any atom is 0.337 e. The van der Waals surface area contributed by atoms with E-state index in [4.69, 9.17) is 4.55 Å². The molecule has 33 heavy (non-hydrogen) atoms. The summed E-state index contributed by atoms with van der Waals surface area (Å²) in [5.74, 6) is -2.13. The van der Waals surface area contributed by atoms with Gasteiger partial charge >= 0.3 is 5.97 Å². The van der Waals surface area contributed by atoms with Crippen LogP contribution in [0.4, 0.5) is 11.4 Å². The second kappa shape index (κ2) is 8.43. The van der Waals surface area contributed by atoms with Gasteiger partial charge < -0.3 is 5.11 Å². The molecule has 0 bridgehead atoms. The van der Waals surface area contributed by atoms with Gasteiger partial charge in [-0.05, 0) is 55.8 Å². The van der Waals surface area contributed by atoms with Crippen molar-refractivity contribution in [2.75, 3.05) is 5.01 Å². The summed E-state index contributed by atoms with van der Waals surface area (Å²) in [4.78, 5) is 23.3. The fourth-order valence-corrected chi connectivity index (χ4v) is 4.01. The Bertz CT molecular complexity index is 1450. The van der Waals surface area contributed by atoms with E-state index >= 15 is 0 Å². The molecule has 0 aliphatic carbocycles. The van der Waals surface area contributed by atoms with Crippen molar-refractivity contribution >= 4 is 49.2 Å². The number of azo groups is 1. The van der Waals surface area contributed by atoms with E-state index in [1.54, 1.807) is 0 Å². The van der Waals surface area contributed by atoms with Crippen molar-refractivity contribution in [3.8, 4) is 0 Å². The Balaban J connectivity index is 1.96. The zero-order chi connectivity index (χ0) is 24.7. The van der Waals surface area contributed by atoms with E-state index in [1.165, 1.54) is 19.9 Å². The Morgan fingerprint density at radius 2 is 1.58 bits per heavy atom. The van der Waals surface area contributed by atoms with Crippen molar-refractivity contribution in [3.05, 3.63) is 47.5 Å². The van der Waals surface area contributed by atoms with Crippen LogP contribution < -0.4 is 5.01 Å². The quantitative estimate of drug-likeness (QED) is 0.395. The molecule has 0 spiro atoms. The SMILES string of the molecule is CC1=NN(c2ccc(S(=O)(=O)O)cc2C)C(=O)C1N=Nc1cc(S(=O)(=O)O)ccc1C(=O)O. The zero-order valence-corrected chi connectivity index (χ0v) is 18.6. The van der Waals surface area contributed by atoms with Crippen molar-refractivity contribution in [1.82, 2.24) is 0 Å². The summed E-state index contributed by atoms with van der Waals surface area (Å²) in [6, 6.07) is 4.83. The Hall–Kier alpha value is -3.53. The van der Waals surface area contributed by atoms with E-state index in [2.05, 4.69) is 15.3 Å². The number of nitrogens with zero attached hydrogens (tertiary/aromatic N) is 4. The van der Waals surface area contributed by atoms with Crippen molar-refractivity contribution in [3.63, 3.8) is 0 Å². The summed E-state index contributed by atoms with van der Waals surface area (Å²) in [5.41, 5.74) is -0.138. The van der Waals surface area contributed by atoms with E-state index in [0.717, 1.165) is 35.3 Å². The fraction of sp³-hybridized carbons (Fsp3) is 0.167. The van der Waals surface area contributed by atoms with Gasteiger partial charge in [0.15, 0.2) is 6.04 Å². The van der Waals surface area contributed by atoms with E-state index in [1.807, 2.05) is 0 Å². The van der Waals surface area contributed by atoms with Gasteiger partial charge in [-0.3, -0.25) is 13.9 Å². The molecule has 2 aromatic carbocycles. The Morgan fingerprint density at radius 3 is 2.12 bits per heavy atom. The number of hydrogen-bond acceptors (Lipinski definition) is 9. The first-order valence-electron chi connectivity index (χ1n) is 8.93. The first kappa shape index (κ1) is 24.1. The number of amides is 1. The van der Waals surface area contributed by atoms with Gasteiger partial charge in [0.05, 0.1) is 26.8 Å². The fourth-order valence-electron chi connectivity index (χ4n) is 2.94. The Labute approximate surface area is 187 Å². The molecule has 0 saturated heterocycles. The summed E-state index contributed by atoms with van der Waals surface area (Å²) in [7, 11) is -9.09. The van der Waals surface area contributed by atoms with Gasteiger partial charge in [-0.15, -0.1) is 0 Å². The smallest absolute Gasteiger partial charge is 0.337 e. The standard InChI is InChI=1S/C18H16N4O9S2/c1-9-7-11(32(26,27)28)4-6-15(9)22-17(23)16(10(2)21-22)20-19-14-8-12(33(29,30)31)3-5-13(14)18(24)25/h3-8,16H,1-2H3,(H,24,25)(H,26,27,28)(H,29,30,31). The number of anilines is 1. The number of rotatable bonds is 6. The van der Waals surface area contributed by atoms with Gasteiger partial charge in [0.2, 0.25) is 0 Å². The van der Waals surface area contributed by atoms with Crippen molar-refractivity contribution < 1.29 is 40.6 Å². The number of carbonyl (C=O) groups excluding carboxylic acids is 1. The molecule has 174 valence electrons. The van der Waals surface area contributed by atoms with E-state index in [-0.39, 0.29) is 16.3 Å². The molecule has 1 heterocycles. The minimum absolute atomic E-state index is 0.171. The molecular weight excluding hydrogens is 480 g/mol. The summed E-state index contributed by atoms with van der Waals surface area (Å²) >= 11 is 0. The van der Waals surface area contributed by atoms with Crippen LogP contribution in [0.1, 0.15) is 22.8 Å². The number of aromatic carboxylic acids is 1. The highest BCUT2D eigenvalue weighted by Gasteiger charge is 2.35. The molecule has 1 atom stereocenters. The predicted octanol–water partition coefficient (Wildman–Crippen LogP) is 2.06. The molecule has 3 N–H and O–H groups in total. The number of carbonyl (C=O) groups is 2. The Morgan fingerprint density at radius 1 is 1.00 bits per heavy atom. The second-order valence-corrected chi connectivity index (χ2v) is 9.74. The van der Waals surface area contributed by atoms with Crippen LogP contribution in [0, 0.1) is 6.92 Å². The van der Waals surface area contributed by atoms with E-state index in [9.17, 15) is 36.1 Å². The highest BCUT2D eigenvalue weighted by Crippen LogP contribution is 2.29. The summed E-state index contributed by atoms with van der Waals surface area (Å²) in [6.07, 6.45) is 0. The Kier molecular flexibility index (Phi) is 6.16. The predicted molar refractivity (Wildman–Crippen MR) is 113 cm³/mol. The van der Waals surface area contributed by atoms with Crippen LogP contribution >= 0.6 is 0 Å². The minimum Gasteiger partial charge on any atom is -0.478 e. The number of aryl methyl sites for hydroxylation is 1. The normalized spacial score (nSPS) is 17.0. The molecule has 13 nitrogen and oxygen atoms in total. The highest BCUT2D eigenvalue weighted by molar-refractivity contribution is 7.86. The number of carboxylic acids is 1. The van der Waals surface area contributed by atoms with Gasteiger partial charge in [-0.1, -0.05) is 0 Å². The molecule has 1 unspecified atom stereocenters. The third kappa shape index (κ3) is 4.95. The summed E-state index contributed by atoms with van der Waals surface area (Å²) < 4.78 is 63.6. The van der Waals surface area contributed by atoms with Gasteiger partial charge in [0.1, 0.15) is 5.69 Å². The van der Waals surface area contributed by atoms with Gasteiger partial charge in [-0.2, -0.15) is 37.2 Å². The lowest BCUT2D eigenvalue weighted by molar-refractivity contribution is -0.117. The lowest BCUT2D eigenvalue weighted by Gasteiger charge is -2.15. The van der Waals surface area contributed by atoms with Gasteiger partial charge in [-0.25, -0.2) is 4.79 Å². The van der Waals surface area contributed by atoms with Crippen LogP contribution in [0.5, 0.6) is 0 Å². The number of benzene rings is 2. The van der Waals surface area contributed by atoms with E-state index in [0.29, 0.717) is 5.56 Å². The zero-order valence-electron chi connectivity index (χ0n) is 16.9. The third-order valence-electron chi connectivity index (χ3n) is 4.57. The number of hydrazone groups is 1. The third-order valence-corrected chi connectivity index (χ3v) is 6.27. The maximum absolute atomic E-state index is 12.9. The number of hydrogen-bond donors (Lipinski definition) is 3. The molecular formula is C18H16N4O9S2. The monoisotopic (exact) mass is 496 g/mol. The molecule has 0 radical (unpaired) electrons. The van der Waals surface area contributed by atoms with Crippen LogP contribution in [0.15, 0.2) is 61.5 Å². The first-order chi connectivity index (χ1) is 15.2. The van der Waals surface area contributed by atoms with Crippen molar-refractivity contribution in [2.45, 2.75) is 29.7 Å². The van der Waals surface area contributed by atoms with Crippen LogP contribution in [-0.2, 0) is 25.0 Å². The minimum atomic E-state index is -4.64. The molecule has 0 fully saturated rings. The van der Waals surface area contributed by atoms with Gasteiger partial charge in [0.25, 0.3) is 26.1 Å². The molecule has 3 rings (SSSR count).